The van der Waals surface area contributed by atoms with Crippen LogP contribution in [0.1, 0.15) is 44.0 Å². The average Bonchev–Trinajstić information content (AvgIpc) is 3.15. The van der Waals surface area contributed by atoms with E-state index >= 15 is 0 Å². The summed E-state index contributed by atoms with van der Waals surface area (Å²) >= 11 is 1.43. The first kappa shape index (κ1) is 22.5. The second-order valence-electron chi connectivity index (χ2n) is 8.77. The molecule has 0 aliphatic carbocycles. The zero-order chi connectivity index (χ0) is 22.7. The van der Waals surface area contributed by atoms with Crippen LogP contribution in [0, 0.1) is 0 Å². The lowest BCUT2D eigenvalue weighted by atomic mass is 10.1. The molecule has 1 aliphatic rings. The summed E-state index contributed by atoms with van der Waals surface area (Å²) in [6.45, 7) is 7.17. The fraction of sp³-hybridized carbons (Fsp3) is 0.455. The number of carbonyl (C=O) groups is 1. The minimum Gasteiger partial charge on any atom is -0.367 e. The van der Waals surface area contributed by atoms with Crippen LogP contribution in [0.5, 0.6) is 0 Å². The Hall–Kier alpha value is -2.66. The molecule has 32 heavy (non-hydrogen) atoms. The summed E-state index contributed by atoms with van der Waals surface area (Å²) in [5, 5.41) is 17.6. The van der Waals surface area contributed by atoms with Gasteiger partial charge in [0.2, 0.25) is 6.41 Å². The van der Waals surface area contributed by atoms with Gasteiger partial charge >= 0.3 is 0 Å². The van der Waals surface area contributed by atoms with Crippen molar-refractivity contribution in [1.82, 2.24) is 19.9 Å². The number of aliphatic hydroxyl groups is 1. The standard InChI is InChI=1S/C22H28N6O3S/c1-22(2,3)31-21(30)28-9-6-15(7-10-28)24-17-11-14(13-29)12-18(26-17)27-20-25-16-5-4-8-23-19(16)32-20/h4-5,8,11-13,15,21,30H,6-7,9-10H2,1-3H3,(H2,24,25,26,27). The van der Waals surface area contributed by atoms with Crippen LogP contribution in [-0.2, 0) is 4.74 Å². The van der Waals surface area contributed by atoms with Crippen LogP contribution in [0.4, 0.5) is 16.8 Å². The van der Waals surface area contributed by atoms with Crippen LogP contribution in [0.25, 0.3) is 10.3 Å². The molecule has 0 radical (unpaired) electrons. The number of nitrogens with zero attached hydrogens (tertiary/aromatic N) is 4. The molecule has 1 unspecified atom stereocenters. The molecule has 4 heterocycles. The van der Waals surface area contributed by atoms with E-state index in [-0.39, 0.29) is 6.04 Å². The van der Waals surface area contributed by atoms with Crippen LogP contribution in [0.15, 0.2) is 30.5 Å². The first-order valence-electron chi connectivity index (χ1n) is 10.6. The maximum atomic E-state index is 11.5. The predicted octanol–water partition coefficient (Wildman–Crippen LogP) is 3.61. The van der Waals surface area contributed by atoms with E-state index in [1.807, 2.05) is 37.8 Å². The summed E-state index contributed by atoms with van der Waals surface area (Å²) in [4.78, 5) is 27.7. The van der Waals surface area contributed by atoms with Crippen molar-refractivity contribution in [3.8, 4) is 0 Å². The zero-order valence-corrected chi connectivity index (χ0v) is 19.2. The number of piperidine rings is 1. The van der Waals surface area contributed by atoms with Crippen molar-refractivity contribution in [2.75, 3.05) is 23.7 Å². The summed E-state index contributed by atoms with van der Waals surface area (Å²) in [5.41, 5.74) is 0.932. The Kier molecular flexibility index (Phi) is 6.66. The molecule has 0 bridgehead atoms. The maximum absolute atomic E-state index is 11.5. The lowest BCUT2D eigenvalue weighted by Crippen LogP contribution is -2.47. The number of aliphatic hydroxyl groups excluding tert-OH is 1. The van der Waals surface area contributed by atoms with Gasteiger partial charge in [-0.2, -0.15) is 0 Å². The normalized spacial score (nSPS) is 16.8. The monoisotopic (exact) mass is 456 g/mol. The van der Waals surface area contributed by atoms with E-state index in [2.05, 4.69) is 25.6 Å². The molecule has 9 nitrogen and oxygen atoms in total. The lowest BCUT2D eigenvalue weighted by molar-refractivity contribution is -0.242. The molecule has 0 amide bonds. The summed E-state index contributed by atoms with van der Waals surface area (Å²) in [6, 6.07) is 7.37. The highest BCUT2D eigenvalue weighted by Crippen LogP contribution is 2.27. The van der Waals surface area contributed by atoms with Gasteiger partial charge in [0.25, 0.3) is 0 Å². The molecule has 170 valence electrons. The molecule has 1 aliphatic heterocycles. The topological polar surface area (TPSA) is 112 Å². The van der Waals surface area contributed by atoms with E-state index in [0.717, 1.165) is 29.5 Å². The predicted molar refractivity (Wildman–Crippen MR) is 125 cm³/mol. The third kappa shape index (κ3) is 5.77. The molecule has 3 aromatic heterocycles. The van der Waals surface area contributed by atoms with Gasteiger partial charge in [0.05, 0.1) is 5.60 Å². The van der Waals surface area contributed by atoms with Crippen LogP contribution in [0.3, 0.4) is 0 Å². The molecular formula is C22H28N6O3S. The van der Waals surface area contributed by atoms with Crippen molar-refractivity contribution in [1.29, 1.82) is 0 Å². The number of likely N-dealkylation sites (tertiary alicyclic amines) is 1. The summed E-state index contributed by atoms with van der Waals surface area (Å²) in [5.74, 6) is 1.17. The highest BCUT2D eigenvalue weighted by molar-refractivity contribution is 7.21. The van der Waals surface area contributed by atoms with Gasteiger partial charge in [-0.3, -0.25) is 9.69 Å². The van der Waals surface area contributed by atoms with Gasteiger partial charge in [-0.25, -0.2) is 15.0 Å². The van der Waals surface area contributed by atoms with Crippen molar-refractivity contribution >= 4 is 44.7 Å². The summed E-state index contributed by atoms with van der Waals surface area (Å²) in [7, 11) is 0. The number of carbonyl (C=O) groups excluding carboxylic acids is 1. The second-order valence-corrected chi connectivity index (χ2v) is 9.75. The van der Waals surface area contributed by atoms with Gasteiger partial charge in [0.15, 0.2) is 5.13 Å². The molecule has 10 heteroatoms. The third-order valence-electron chi connectivity index (χ3n) is 5.04. The van der Waals surface area contributed by atoms with Crippen LogP contribution >= 0.6 is 11.3 Å². The molecule has 3 aromatic rings. The van der Waals surface area contributed by atoms with Crippen molar-refractivity contribution in [3.63, 3.8) is 0 Å². The second kappa shape index (κ2) is 9.45. The molecule has 1 fully saturated rings. The third-order valence-corrected chi connectivity index (χ3v) is 5.93. The Labute approximate surface area is 190 Å². The number of aromatic nitrogens is 3. The van der Waals surface area contributed by atoms with Crippen LogP contribution in [-0.4, -0.2) is 62.4 Å². The van der Waals surface area contributed by atoms with Crippen molar-refractivity contribution in [2.45, 2.75) is 51.7 Å². The van der Waals surface area contributed by atoms with Crippen molar-refractivity contribution in [2.24, 2.45) is 0 Å². The number of thiazole rings is 1. The van der Waals surface area contributed by atoms with Crippen molar-refractivity contribution in [3.05, 3.63) is 36.0 Å². The van der Waals surface area contributed by atoms with E-state index < -0.39 is 12.0 Å². The minimum atomic E-state index is -0.911. The lowest BCUT2D eigenvalue weighted by Gasteiger charge is -2.37. The van der Waals surface area contributed by atoms with E-state index in [9.17, 15) is 9.90 Å². The quantitative estimate of drug-likeness (QED) is 0.362. The fourth-order valence-corrected chi connectivity index (χ4v) is 4.37. The van der Waals surface area contributed by atoms with Gasteiger partial charge in [0, 0.05) is 30.9 Å². The minimum absolute atomic E-state index is 0.182. The number of aldehydes is 1. The number of nitrogens with one attached hydrogen (secondary N) is 2. The molecule has 3 N–H and O–H groups in total. The van der Waals surface area contributed by atoms with E-state index in [1.165, 1.54) is 11.3 Å². The highest BCUT2D eigenvalue weighted by atomic mass is 32.1. The van der Waals surface area contributed by atoms with Crippen molar-refractivity contribution < 1.29 is 14.6 Å². The molecule has 1 atom stereocenters. The largest absolute Gasteiger partial charge is 0.367 e. The number of hydrogen-bond acceptors (Lipinski definition) is 10. The smallest absolute Gasteiger partial charge is 0.216 e. The number of pyridine rings is 2. The molecule has 0 saturated carbocycles. The summed E-state index contributed by atoms with van der Waals surface area (Å²) in [6.07, 6.45) is 3.28. The Bertz CT molecular complexity index is 1040. The number of fused-ring (bicyclic) bond motifs is 1. The molecule has 1 saturated heterocycles. The van der Waals surface area contributed by atoms with Gasteiger partial charge < -0.3 is 20.5 Å². The molecule has 4 rings (SSSR count). The van der Waals surface area contributed by atoms with Gasteiger partial charge in [-0.1, -0.05) is 11.3 Å². The fourth-order valence-electron chi connectivity index (χ4n) is 3.56. The van der Waals surface area contributed by atoms with E-state index in [4.69, 9.17) is 4.74 Å². The Morgan fingerprint density at radius 3 is 2.69 bits per heavy atom. The molecule has 0 spiro atoms. The zero-order valence-electron chi connectivity index (χ0n) is 18.4. The number of hydrogen-bond donors (Lipinski definition) is 3. The van der Waals surface area contributed by atoms with Crippen LogP contribution in [0.2, 0.25) is 0 Å². The van der Waals surface area contributed by atoms with Gasteiger partial charge in [-0.05, 0) is 57.9 Å². The first-order chi connectivity index (χ1) is 15.3. The maximum Gasteiger partial charge on any atom is 0.216 e. The SMILES string of the molecule is CC(C)(C)OC(O)N1CCC(Nc2cc(C=O)cc(Nc3nc4cccnc4s3)n2)CC1. The molecular weight excluding hydrogens is 428 g/mol. The average molecular weight is 457 g/mol. The highest BCUT2D eigenvalue weighted by Gasteiger charge is 2.27. The van der Waals surface area contributed by atoms with Crippen LogP contribution < -0.4 is 10.6 Å². The molecule has 0 aromatic carbocycles. The first-order valence-corrected chi connectivity index (χ1v) is 11.4. The number of ether oxygens (including phenoxy) is 1. The Morgan fingerprint density at radius 1 is 1.25 bits per heavy atom. The number of anilines is 3. The summed E-state index contributed by atoms with van der Waals surface area (Å²) < 4.78 is 5.65. The van der Waals surface area contributed by atoms with Gasteiger partial charge in [-0.15, -0.1) is 0 Å². The van der Waals surface area contributed by atoms with Gasteiger partial charge in [0.1, 0.15) is 28.3 Å². The Balaban J connectivity index is 1.40. The van der Waals surface area contributed by atoms with E-state index in [1.54, 1.807) is 18.3 Å². The Morgan fingerprint density at radius 2 is 2.00 bits per heavy atom. The van der Waals surface area contributed by atoms with E-state index in [0.29, 0.717) is 35.4 Å². The number of rotatable bonds is 7.